The van der Waals surface area contributed by atoms with E-state index in [9.17, 15) is 0 Å². The van der Waals surface area contributed by atoms with Crippen molar-refractivity contribution < 1.29 is 4.42 Å². The second-order valence-electron chi connectivity index (χ2n) is 3.46. The van der Waals surface area contributed by atoms with Crippen molar-refractivity contribution in [2.45, 2.75) is 0 Å². The molecule has 2 aromatic heterocycles. The van der Waals surface area contributed by atoms with Crippen molar-refractivity contribution in [2.75, 3.05) is 5.73 Å². The Morgan fingerprint density at radius 3 is 2.81 bits per heavy atom. The minimum Gasteiger partial charge on any atom is -0.436 e. The van der Waals surface area contributed by atoms with Crippen LogP contribution < -0.4 is 5.73 Å². The number of hydrogen-bond donors (Lipinski definition) is 1. The minimum atomic E-state index is 0.458. The third-order valence-electron chi connectivity index (χ3n) is 2.32. The highest BCUT2D eigenvalue weighted by molar-refractivity contribution is 5.76. The Labute approximate surface area is 91.7 Å². The van der Waals surface area contributed by atoms with Crippen LogP contribution >= 0.6 is 0 Å². The van der Waals surface area contributed by atoms with Gasteiger partial charge in [-0.2, -0.15) is 0 Å². The molecule has 0 bridgehead atoms. The fourth-order valence-corrected chi connectivity index (χ4v) is 1.58. The summed E-state index contributed by atoms with van der Waals surface area (Å²) < 4.78 is 5.61. The zero-order valence-corrected chi connectivity index (χ0v) is 8.42. The number of rotatable bonds is 1. The molecule has 2 heterocycles. The van der Waals surface area contributed by atoms with Crippen LogP contribution in [0.25, 0.3) is 22.6 Å². The first kappa shape index (κ1) is 8.91. The third-order valence-corrected chi connectivity index (χ3v) is 2.32. The van der Waals surface area contributed by atoms with Crippen molar-refractivity contribution in [3.05, 3.63) is 42.6 Å². The van der Waals surface area contributed by atoms with E-state index < -0.39 is 0 Å². The minimum absolute atomic E-state index is 0.458. The van der Waals surface area contributed by atoms with Crippen molar-refractivity contribution in [3.63, 3.8) is 0 Å². The number of nitrogen functional groups attached to an aromatic ring is 1. The zero-order chi connectivity index (χ0) is 11.0. The fourth-order valence-electron chi connectivity index (χ4n) is 1.58. The molecule has 2 N–H and O–H groups in total. The molecule has 0 aliphatic carbocycles. The SMILES string of the molecule is Nc1cc(-c2nc3ccccc3o2)ccn1. The van der Waals surface area contributed by atoms with Crippen LogP contribution in [-0.2, 0) is 0 Å². The maximum absolute atomic E-state index is 5.61. The smallest absolute Gasteiger partial charge is 0.227 e. The standard InChI is InChI=1S/C12H9N3O/c13-11-7-8(5-6-14-11)12-15-9-3-1-2-4-10(9)16-12/h1-7H,(H2,13,14). The zero-order valence-electron chi connectivity index (χ0n) is 8.42. The van der Waals surface area contributed by atoms with Gasteiger partial charge >= 0.3 is 0 Å². The molecule has 4 heteroatoms. The van der Waals surface area contributed by atoms with Crippen LogP contribution in [0.4, 0.5) is 5.82 Å². The lowest BCUT2D eigenvalue weighted by molar-refractivity contribution is 0.620. The first-order valence-electron chi connectivity index (χ1n) is 4.90. The topological polar surface area (TPSA) is 64.9 Å². The van der Waals surface area contributed by atoms with E-state index in [4.69, 9.17) is 10.2 Å². The Kier molecular flexibility index (Phi) is 1.86. The van der Waals surface area contributed by atoms with Gasteiger partial charge in [0.05, 0.1) is 0 Å². The largest absolute Gasteiger partial charge is 0.436 e. The van der Waals surface area contributed by atoms with E-state index in [1.54, 1.807) is 12.3 Å². The molecule has 0 spiro atoms. The summed E-state index contributed by atoms with van der Waals surface area (Å²) in [6.45, 7) is 0. The van der Waals surface area contributed by atoms with Gasteiger partial charge < -0.3 is 10.2 Å². The molecule has 0 saturated carbocycles. The maximum Gasteiger partial charge on any atom is 0.227 e. The molecule has 1 aromatic carbocycles. The molecule has 78 valence electrons. The Morgan fingerprint density at radius 1 is 1.12 bits per heavy atom. The van der Waals surface area contributed by atoms with Crippen molar-refractivity contribution in [1.29, 1.82) is 0 Å². The number of hydrogen-bond acceptors (Lipinski definition) is 4. The Morgan fingerprint density at radius 2 is 2.00 bits per heavy atom. The van der Waals surface area contributed by atoms with E-state index in [1.807, 2.05) is 30.3 Å². The van der Waals surface area contributed by atoms with Crippen LogP contribution in [0.15, 0.2) is 47.0 Å². The molecule has 0 aliphatic rings. The summed E-state index contributed by atoms with van der Waals surface area (Å²) in [5.74, 6) is 1.02. The van der Waals surface area contributed by atoms with Crippen LogP contribution in [0.1, 0.15) is 0 Å². The lowest BCUT2D eigenvalue weighted by atomic mass is 10.2. The first-order chi connectivity index (χ1) is 7.83. The quantitative estimate of drug-likeness (QED) is 0.671. The number of oxazole rings is 1. The number of pyridine rings is 1. The normalized spacial score (nSPS) is 10.8. The molecule has 16 heavy (non-hydrogen) atoms. The molecule has 0 amide bonds. The first-order valence-corrected chi connectivity index (χ1v) is 4.90. The van der Waals surface area contributed by atoms with Crippen LogP contribution in [0.3, 0.4) is 0 Å². The van der Waals surface area contributed by atoms with Gasteiger partial charge in [0.2, 0.25) is 5.89 Å². The van der Waals surface area contributed by atoms with E-state index in [0.29, 0.717) is 11.7 Å². The molecular weight excluding hydrogens is 202 g/mol. The molecule has 4 nitrogen and oxygen atoms in total. The average Bonchev–Trinajstić information content (AvgIpc) is 2.72. The van der Waals surface area contributed by atoms with E-state index in [2.05, 4.69) is 9.97 Å². The van der Waals surface area contributed by atoms with Crippen LogP contribution in [0, 0.1) is 0 Å². The summed E-state index contributed by atoms with van der Waals surface area (Å²) in [7, 11) is 0. The van der Waals surface area contributed by atoms with Crippen molar-refractivity contribution >= 4 is 16.9 Å². The molecule has 0 radical (unpaired) electrons. The number of nitrogens with zero attached hydrogens (tertiary/aromatic N) is 2. The van der Waals surface area contributed by atoms with E-state index in [0.717, 1.165) is 16.7 Å². The molecule has 0 saturated heterocycles. The number of nitrogens with two attached hydrogens (primary N) is 1. The predicted molar refractivity (Wildman–Crippen MR) is 61.7 cm³/mol. The van der Waals surface area contributed by atoms with Gasteiger partial charge in [-0.1, -0.05) is 12.1 Å². The summed E-state index contributed by atoms with van der Waals surface area (Å²) in [6, 6.07) is 11.2. The van der Waals surface area contributed by atoms with Gasteiger partial charge in [-0.15, -0.1) is 0 Å². The van der Waals surface area contributed by atoms with E-state index in [1.165, 1.54) is 0 Å². The molecule has 0 unspecified atom stereocenters. The molecule has 0 aliphatic heterocycles. The summed E-state index contributed by atoms with van der Waals surface area (Å²) in [5.41, 5.74) is 8.06. The summed E-state index contributed by atoms with van der Waals surface area (Å²) in [5, 5.41) is 0. The Bertz CT molecular complexity index is 612. The third kappa shape index (κ3) is 1.40. The lowest BCUT2D eigenvalue weighted by Gasteiger charge is -1.95. The predicted octanol–water partition coefficient (Wildman–Crippen LogP) is 2.47. The summed E-state index contributed by atoms with van der Waals surface area (Å²) >= 11 is 0. The van der Waals surface area contributed by atoms with E-state index >= 15 is 0 Å². The van der Waals surface area contributed by atoms with Gasteiger partial charge in [-0.25, -0.2) is 9.97 Å². The van der Waals surface area contributed by atoms with Crippen LogP contribution in [0.5, 0.6) is 0 Å². The highest BCUT2D eigenvalue weighted by atomic mass is 16.3. The van der Waals surface area contributed by atoms with Gasteiger partial charge in [-0.05, 0) is 24.3 Å². The second kappa shape index (κ2) is 3.34. The van der Waals surface area contributed by atoms with Crippen molar-refractivity contribution in [2.24, 2.45) is 0 Å². The number of aromatic nitrogens is 2. The van der Waals surface area contributed by atoms with Crippen molar-refractivity contribution in [3.8, 4) is 11.5 Å². The number of fused-ring (bicyclic) bond motifs is 1. The van der Waals surface area contributed by atoms with Gasteiger partial charge in [0.25, 0.3) is 0 Å². The number of anilines is 1. The monoisotopic (exact) mass is 211 g/mol. The Balaban J connectivity index is 2.19. The van der Waals surface area contributed by atoms with Crippen molar-refractivity contribution in [1.82, 2.24) is 9.97 Å². The van der Waals surface area contributed by atoms with E-state index in [-0.39, 0.29) is 0 Å². The van der Waals surface area contributed by atoms with Gasteiger partial charge in [0.15, 0.2) is 5.58 Å². The highest BCUT2D eigenvalue weighted by Gasteiger charge is 2.07. The molecule has 0 fully saturated rings. The molecular formula is C12H9N3O. The molecule has 0 atom stereocenters. The number of para-hydroxylation sites is 2. The maximum atomic E-state index is 5.61. The molecule has 3 rings (SSSR count). The highest BCUT2D eigenvalue weighted by Crippen LogP contribution is 2.24. The number of benzene rings is 1. The fraction of sp³-hybridized carbons (Fsp3) is 0. The van der Waals surface area contributed by atoms with Gasteiger partial charge in [0.1, 0.15) is 11.3 Å². The second-order valence-corrected chi connectivity index (χ2v) is 3.46. The van der Waals surface area contributed by atoms with Crippen LogP contribution in [0.2, 0.25) is 0 Å². The molecule has 3 aromatic rings. The average molecular weight is 211 g/mol. The summed E-state index contributed by atoms with van der Waals surface area (Å²) in [6.07, 6.45) is 1.64. The summed E-state index contributed by atoms with van der Waals surface area (Å²) in [4.78, 5) is 8.30. The van der Waals surface area contributed by atoms with Gasteiger partial charge in [-0.3, -0.25) is 0 Å². The van der Waals surface area contributed by atoms with Gasteiger partial charge in [0, 0.05) is 11.8 Å². The Hall–Kier alpha value is -2.36. The lowest BCUT2D eigenvalue weighted by Crippen LogP contribution is -1.89. The van der Waals surface area contributed by atoms with Crippen LogP contribution in [-0.4, -0.2) is 9.97 Å².